The summed E-state index contributed by atoms with van der Waals surface area (Å²) >= 11 is 1.57. The molecule has 1 unspecified atom stereocenters. The largest absolute Gasteiger partial charge is 0.458 e. The summed E-state index contributed by atoms with van der Waals surface area (Å²) in [5.41, 5.74) is 0.420. The third-order valence-corrected chi connectivity index (χ3v) is 8.98. The van der Waals surface area contributed by atoms with E-state index in [0.717, 1.165) is 35.5 Å². The number of hydrogen-bond acceptors (Lipinski definition) is 8. The maximum Gasteiger partial charge on any atom is 0.309 e. The van der Waals surface area contributed by atoms with Crippen LogP contribution in [0.5, 0.6) is 0 Å². The molecule has 2 saturated heterocycles. The van der Waals surface area contributed by atoms with Crippen molar-refractivity contribution >= 4 is 23.4 Å². The van der Waals surface area contributed by atoms with Crippen LogP contribution in [0.3, 0.4) is 0 Å². The Hall–Kier alpha value is -1.32. The van der Waals surface area contributed by atoms with Crippen LogP contribution in [0.2, 0.25) is 0 Å². The summed E-state index contributed by atoms with van der Waals surface area (Å²) in [7, 11) is 0. The molecule has 35 heavy (non-hydrogen) atoms. The van der Waals surface area contributed by atoms with Gasteiger partial charge in [0.05, 0.1) is 47.1 Å². The van der Waals surface area contributed by atoms with Crippen LogP contribution in [0.25, 0.3) is 6.08 Å². The van der Waals surface area contributed by atoms with E-state index >= 15 is 0 Å². The highest BCUT2D eigenvalue weighted by Crippen LogP contribution is 2.45. The first-order chi connectivity index (χ1) is 16.2. The lowest BCUT2D eigenvalue weighted by Crippen LogP contribution is -2.48. The van der Waals surface area contributed by atoms with Crippen LogP contribution in [-0.4, -0.2) is 62.4 Å². The number of aryl methyl sites for hydroxylation is 1. The van der Waals surface area contributed by atoms with Crippen LogP contribution in [0.15, 0.2) is 11.0 Å². The lowest BCUT2D eigenvalue weighted by atomic mass is 9.71. The molecule has 0 radical (unpaired) electrons. The van der Waals surface area contributed by atoms with Crippen molar-refractivity contribution < 1.29 is 29.6 Å². The summed E-state index contributed by atoms with van der Waals surface area (Å²) in [6.07, 6.45) is 1.41. The molecular weight excluding hydrogens is 466 g/mol. The molecule has 3 N–H and O–H groups in total. The monoisotopic (exact) mass is 509 g/mol. The highest BCUT2D eigenvalue weighted by Gasteiger charge is 2.53. The molecule has 0 bridgehead atoms. The van der Waals surface area contributed by atoms with Crippen LogP contribution in [0.4, 0.5) is 0 Å². The standard InChI is InChI=1S/C27H43NO6S/c1-15-9-8-10-27(7)22(34-27)12-20(16(2)11-19-14-35-18(4)28-19)33-23(30)13-21(29)26(5,6)25(32)17(3)24(15)31/h11,14-15,17,20-22,24-25,29,31-32H,8-10,12-13H2,1-7H3/b16-11+/t15-,17+,20-,21-,22-,24-,25?,27+/m0/s1. The first kappa shape index (κ1) is 28.3. The van der Waals surface area contributed by atoms with Crippen LogP contribution < -0.4 is 0 Å². The zero-order chi connectivity index (χ0) is 26.1. The Bertz CT molecular complexity index is 913. The molecule has 2 aliphatic rings. The van der Waals surface area contributed by atoms with Gasteiger partial charge < -0.3 is 24.8 Å². The van der Waals surface area contributed by atoms with Crippen molar-refractivity contribution in [1.29, 1.82) is 0 Å². The van der Waals surface area contributed by atoms with Gasteiger partial charge >= 0.3 is 5.97 Å². The Balaban J connectivity index is 1.85. The number of nitrogens with zero attached hydrogens (tertiary/aromatic N) is 1. The predicted octanol–water partition coefficient (Wildman–Crippen LogP) is 4.27. The van der Waals surface area contributed by atoms with Crippen LogP contribution in [0, 0.1) is 24.2 Å². The van der Waals surface area contributed by atoms with E-state index in [1.165, 1.54) is 0 Å². The summed E-state index contributed by atoms with van der Waals surface area (Å²) < 4.78 is 12.0. The Morgan fingerprint density at radius 3 is 2.54 bits per heavy atom. The molecule has 0 saturated carbocycles. The normalized spacial score (nSPS) is 39.5. The number of aliphatic hydroxyl groups is 3. The Morgan fingerprint density at radius 1 is 1.23 bits per heavy atom. The maximum absolute atomic E-state index is 13.0. The fraction of sp³-hybridized carbons (Fsp3) is 0.778. The highest BCUT2D eigenvalue weighted by atomic mass is 32.1. The van der Waals surface area contributed by atoms with Gasteiger partial charge in [0.15, 0.2) is 0 Å². The zero-order valence-electron chi connectivity index (χ0n) is 22.2. The SMILES string of the molecule is C/C(=C\c1csc(C)n1)[C@@H]1C[C@@H]2O[C@]2(C)CCC[C@H](C)[C@H](O)[C@@H](C)C(O)C(C)(C)[C@@H](O)CC(=O)O1. The van der Waals surface area contributed by atoms with Crippen molar-refractivity contribution in [3.8, 4) is 0 Å². The minimum absolute atomic E-state index is 0.00856. The smallest absolute Gasteiger partial charge is 0.309 e. The summed E-state index contributed by atoms with van der Waals surface area (Å²) in [5, 5.41) is 35.8. The van der Waals surface area contributed by atoms with E-state index in [1.54, 1.807) is 32.1 Å². The molecule has 0 aromatic carbocycles. The van der Waals surface area contributed by atoms with E-state index in [4.69, 9.17) is 9.47 Å². The van der Waals surface area contributed by atoms with Gasteiger partial charge in [-0.15, -0.1) is 11.3 Å². The first-order valence-corrected chi connectivity index (χ1v) is 13.6. The number of esters is 1. The topological polar surface area (TPSA) is 112 Å². The van der Waals surface area contributed by atoms with E-state index in [9.17, 15) is 20.1 Å². The molecule has 8 atom stereocenters. The van der Waals surface area contributed by atoms with Gasteiger partial charge in [-0.1, -0.05) is 34.1 Å². The fourth-order valence-electron chi connectivity index (χ4n) is 5.26. The van der Waals surface area contributed by atoms with Crippen molar-refractivity contribution in [2.75, 3.05) is 0 Å². The summed E-state index contributed by atoms with van der Waals surface area (Å²) in [6, 6.07) is 0. The minimum Gasteiger partial charge on any atom is -0.458 e. The Morgan fingerprint density at radius 2 is 1.91 bits per heavy atom. The Labute approximate surface area is 213 Å². The van der Waals surface area contributed by atoms with E-state index in [0.29, 0.717) is 6.42 Å². The maximum atomic E-state index is 13.0. The third kappa shape index (κ3) is 6.72. The van der Waals surface area contributed by atoms with Crippen molar-refractivity contribution in [3.63, 3.8) is 0 Å². The molecule has 3 heterocycles. The van der Waals surface area contributed by atoms with Crippen LogP contribution >= 0.6 is 11.3 Å². The molecule has 0 amide bonds. The van der Waals surface area contributed by atoms with Gasteiger partial charge in [-0.2, -0.15) is 0 Å². The molecule has 1 aromatic rings. The van der Waals surface area contributed by atoms with E-state index in [1.807, 2.05) is 32.2 Å². The summed E-state index contributed by atoms with van der Waals surface area (Å²) in [5.74, 6) is -0.995. The summed E-state index contributed by atoms with van der Waals surface area (Å²) in [6.45, 7) is 13.2. The fourth-order valence-corrected chi connectivity index (χ4v) is 5.83. The van der Waals surface area contributed by atoms with E-state index in [2.05, 4.69) is 11.9 Å². The number of cyclic esters (lactones) is 1. The van der Waals surface area contributed by atoms with Gasteiger partial charge in [0.1, 0.15) is 6.10 Å². The molecule has 3 rings (SSSR count). The molecule has 0 spiro atoms. The van der Waals surface area contributed by atoms with Gasteiger partial charge in [-0.3, -0.25) is 4.79 Å². The van der Waals surface area contributed by atoms with Gasteiger partial charge in [0.2, 0.25) is 0 Å². The molecule has 1 aromatic heterocycles. The van der Waals surface area contributed by atoms with Gasteiger partial charge in [0.25, 0.3) is 0 Å². The lowest BCUT2D eigenvalue weighted by molar-refractivity contribution is -0.156. The van der Waals surface area contributed by atoms with Crippen molar-refractivity contribution in [2.45, 2.75) is 117 Å². The second-order valence-electron chi connectivity index (χ2n) is 11.5. The highest BCUT2D eigenvalue weighted by molar-refractivity contribution is 7.09. The molecule has 2 fully saturated rings. The number of rotatable bonds is 2. The number of aliphatic hydroxyl groups excluding tert-OH is 3. The second-order valence-corrected chi connectivity index (χ2v) is 12.6. The third-order valence-electron chi connectivity index (χ3n) is 8.19. The average Bonchev–Trinajstić information content (AvgIpc) is 3.22. The zero-order valence-corrected chi connectivity index (χ0v) is 23.0. The quantitative estimate of drug-likeness (QED) is 0.403. The number of fused-ring (bicyclic) bond motifs is 1. The molecule has 2 aliphatic heterocycles. The van der Waals surface area contributed by atoms with E-state index in [-0.39, 0.29) is 24.0 Å². The lowest BCUT2D eigenvalue weighted by Gasteiger charge is -2.40. The number of ether oxygens (including phenoxy) is 2. The van der Waals surface area contributed by atoms with Crippen molar-refractivity contribution in [2.24, 2.45) is 17.3 Å². The molecule has 7 nitrogen and oxygen atoms in total. The number of aromatic nitrogens is 1. The van der Waals surface area contributed by atoms with E-state index < -0.39 is 41.7 Å². The second kappa shape index (κ2) is 11.0. The Kier molecular flexibility index (Phi) is 8.86. The molecular formula is C27H43NO6S. The molecule has 0 aliphatic carbocycles. The van der Waals surface area contributed by atoms with Gasteiger partial charge in [-0.25, -0.2) is 4.98 Å². The van der Waals surface area contributed by atoms with Crippen LogP contribution in [-0.2, 0) is 14.3 Å². The van der Waals surface area contributed by atoms with Crippen molar-refractivity contribution in [1.82, 2.24) is 4.98 Å². The summed E-state index contributed by atoms with van der Waals surface area (Å²) in [4.78, 5) is 17.4. The number of epoxide rings is 1. The molecule has 198 valence electrons. The van der Waals surface area contributed by atoms with Crippen LogP contribution in [0.1, 0.15) is 84.3 Å². The number of carbonyl (C=O) groups excluding carboxylic acids is 1. The molecule has 8 heteroatoms. The predicted molar refractivity (Wildman–Crippen MR) is 137 cm³/mol. The van der Waals surface area contributed by atoms with Gasteiger partial charge in [-0.05, 0) is 51.2 Å². The van der Waals surface area contributed by atoms with Crippen molar-refractivity contribution in [3.05, 3.63) is 21.7 Å². The minimum atomic E-state index is -1.13. The average molecular weight is 510 g/mol. The number of carbonyl (C=O) groups is 1. The number of thiazole rings is 1. The number of hydrogen-bond donors (Lipinski definition) is 3. The first-order valence-electron chi connectivity index (χ1n) is 12.8. The van der Waals surface area contributed by atoms with Gasteiger partial charge in [0, 0.05) is 23.1 Å².